The van der Waals surface area contributed by atoms with E-state index in [1.54, 1.807) is 13.3 Å². The summed E-state index contributed by atoms with van der Waals surface area (Å²) in [5, 5.41) is 9.71. The highest BCUT2D eigenvalue weighted by atomic mass is 16.5. The first-order valence-corrected chi connectivity index (χ1v) is 6.52. The molecule has 0 saturated carbocycles. The van der Waals surface area contributed by atoms with Gasteiger partial charge in [-0.25, -0.2) is 0 Å². The summed E-state index contributed by atoms with van der Waals surface area (Å²) in [5.74, 6) is 0. The number of nitriles is 1. The van der Waals surface area contributed by atoms with Gasteiger partial charge in [-0.2, -0.15) is 5.26 Å². The zero-order valence-electron chi connectivity index (χ0n) is 11.5. The lowest BCUT2D eigenvalue weighted by molar-refractivity contribution is 0.205. The summed E-state index contributed by atoms with van der Waals surface area (Å²) in [5.41, 5.74) is 8.76. The molecule has 0 aliphatic rings. The van der Waals surface area contributed by atoms with Crippen LogP contribution in [0, 0.1) is 11.3 Å². The number of pyridine rings is 1. The summed E-state index contributed by atoms with van der Waals surface area (Å²) in [4.78, 5) is 6.37. The van der Waals surface area contributed by atoms with E-state index in [4.69, 9.17) is 15.7 Å². The van der Waals surface area contributed by atoms with Crippen molar-refractivity contribution in [3.63, 3.8) is 0 Å². The second-order valence-electron chi connectivity index (χ2n) is 4.46. The minimum atomic E-state index is 0.453. The van der Waals surface area contributed by atoms with Crippen molar-refractivity contribution in [2.45, 2.75) is 6.42 Å². The lowest BCUT2D eigenvalue weighted by Crippen LogP contribution is -2.29. The quantitative estimate of drug-likeness (QED) is 0.814. The van der Waals surface area contributed by atoms with Gasteiger partial charge in [-0.05, 0) is 24.3 Å². The van der Waals surface area contributed by atoms with Gasteiger partial charge >= 0.3 is 0 Å². The Hall–Kier alpha value is -2.32. The number of hydrogen-bond acceptors (Lipinski definition) is 5. The molecule has 0 unspecified atom stereocenters. The molecule has 0 spiro atoms. The second-order valence-corrected chi connectivity index (χ2v) is 4.46. The minimum absolute atomic E-state index is 0.453. The molecule has 2 N–H and O–H groups in total. The molecule has 0 fully saturated rings. The van der Waals surface area contributed by atoms with Crippen LogP contribution in [0.5, 0.6) is 0 Å². The molecule has 0 aliphatic carbocycles. The van der Waals surface area contributed by atoms with Crippen molar-refractivity contribution < 1.29 is 4.74 Å². The molecule has 1 aromatic carbocycles. The molecule has 5 nitrogen and oxygen atoms in total. The zero-order chi connectivity index (χ0) is 14.4. The maximum absolute atomic E-state index is 8.78. The Balaban J connectivity index is 2.36. The van der Waals surface area contributed by atoms with Crippen molar-refractivity contribution in [2.24, 2.45) is 0 Å². The fraction of sp³-hybridized carbons (Fsp3) is 0.333. The van der Waals surface area contributed by atoms with Crippen molar-refractivity contribution in [1.82, 2.24) is 4.98 Å². The minimum Gasteiger partial charge on any atom is -0.396 e. The SMILES string of the molecule is COCCN(CCC#N)c1ccc2ncccc2c1N. The van der Waals surface area contributed by atoms with Crippen molar-refractivity contribution >= 4 is 22.3 Å². The number of aromatic nitrogens is 1. The van der Waals surface area contributed by atoms with Gasteiger partial charge in [0, 0.05) is 31.8 Å². The van der Waals surface area contributed by atoms with Gasteiger partial charge in [-0.1, -0.05) is 0 Å². The Morgan fingerprint density at radius 3 is 2.95 bits per heavy atom. The summed E-state index contributed by atoms with van der Waals surface area (Å²) in [6.07, 6.45) is 2.20. The van der Waals surface area contributed by atoms with Crippen molar-refractivity contribution in [1.29, 1.82) is 5.26 Å². The van der Waals surface area contributed by atoms with Crippen LogP contribution >= 0.6 is 0 Å². The van der Waals surface area contributed by atoms with Crippen molar-refractivity contribution in [3.8, 4) is 6.07 Å². The number of nitrogens with two attached hydrogens (primary N) is 1. The van der Waals surface area contributed by atoms with E-state index in [-0.39, 0.29) is 0 Å². The number of ether oxygens (including phenoxy) is 1. The molecule has 0 bridgehead atoms. The number of methoxy groups -OCH3 is 1. The molecule has 0 atom stereocenters. The number of fused-ring (bicyclic) bond motifs is 1. The monoisotopic (exact) mass is 270 g/mol. The van der Waals surface area contributed by atoms with Crippen LogP contribution in [0.2, 0.25) is 0 Å². The van der Waals surface area contributed by atoms with Gasteiger partial charge in [0.05, 0.1) is 36.0 Å². The van der Waals surface area contributed by atoms with Crippen LogP contribution < -0.4 is 10.6 Å². The predicted molar refractivity (Wildman–Crippen MR) is 80.5 cm³/mol. The Morgan fingerprint density at radius 2 is 2.20 bits per heavy atom. The fourth-order valence-electron chi connectivity index (χ4n) is 2.18. The third kappa shape index (κ3) is 2.98. The lowest BCUT2D eigenvalue weighted by atomic mass is 10.1. The molecule has 1 heterocycles. The van der Waals surface area contributed by atoms with Gasteiger partial charge in [0.1, 0.15) is 0 Å². The highest BCUT2D eigenvalue weighted by Gasteiger charge is 2.12. The first-order valence-electron chi connectivity index (χ1n) is 6.52. The number of rotatable bonds is 6. The maximum atomic E-state index is 8.78. The Morgan fingerprint density at radius 1 is 1.35 bits per heavy atom. The van der Waals surface area contributed by atoms with Crippen LogP contribution in [0.3, 0.4) is 0 Å². The number of nitrogen functional groups attached to an aromatic ring is 1. The number of nitrogens with zero attached hydrogens (tertiary/aromatic N) is 3. The van der Waals surface area contributed by atoms with E-state index < -0.39 is 0 Å². The summed E-state index contributed by atoms with van der Waals surface area (Å²) in [7, 11) is 1.66. The smallest absolute Gasteiger partial charge is 0.0724 e. The summed E-state index contributed by atoms with van der Waals surface area (Å²) >= 11 is 0. The van der Waals surface area contributed by atoms with Crippen molar-refractivity contribution in [3.05, 3.63) is 30.5 Å². The third-order valence-corrected chi connectivity index (χ3v) is 3.20. The average molecular weight is 270 g/mol. The molecule has 5 heteroatoms. The topological polar surface area (TPSA) is 75.2 Å². The normalized spacial score (nSPS) is 10.4. The van der Waals surface area contributed by atoms with E-state index in [9.17, 15) is 0 Å². The van der Waals surface area contributed by atoms with Gasteiger partial charge in [-0.15, -0.1) is 0 Å². The van der Waals surface area contributed by atoms with Crippen LogP contribution in [0.1, 0.15) is 6.42 Å². The Bertz CT molecular complexity index is 621. The molecule has 20 heavy (non-hydrogen) atoms. The molecule has 1 aromatic heterocycles. The van der Waals surface area contributed by atoms with Crippen LogP contribution in [0.15, 0.2) is 30.5 Å². The van der Waals surface area contributed by atoms with Gasteiger partial charge in [0.25, 0.3) is 0 Å². The zero-order valence-corrected chi connectivity index (χ0v) is 11.5. The first kappa shape index (κ1) is 14.1. The molecular weight excluding hydrogens is 252 g/mol. The number of benzene rings is 1. The second kappa shape index (κ2) is 6.73. The van der Waals surface area contributed by atoms with Crippen LogP contribution in [-0.4, -0.2) is 31.8 Å². The maximum Gasteiger partial charge on any atom is 0.0724 e. The largest absolute Gasteiger partial charge is 0.396 e. The van der Waals surface area contributed by atoms with E-state index in [0.717, 1.165) is 16.6 Å². The van der Waals surface area contributed by atoms with Gasteiger partial charge in [0.15, 0.2) is 0 Å². The molecule has 2 aromatic rings. The molecule has 0 amide bonds. The van der Waals surface area contributed by atoms with E-state index in [1.807, 2.05) is 24.3 Å². The predicted octanol–water partition coefficient (Wildman–Crippen LogP) is 2.18. The van der Waals surface area contributed by atoms with Crippen LogP contribution in [0.25, 0.3) is 10.9 Å². The summed E-state index contributed by atoms with van der Waals surface area (Å²) < 4.78 is 5.12. The number of anilines is 2. The highest BCUT2D eigenvalue weighted by molar-refractivity contribution is 5.97. The van der Waals surface area contributed by atoms with E-state index in [1.165, 1.54) is 0 Å². The molecular formula is C15H18N4O. The van der Waals surface area contributed by atoms with E-state index in [0.29, 0.717) is 31.8 Å². The standard InChI is InChI=1S/C15H18N4O/c1-20-11-10-19(9-3-7-16)14-6-5-13-12(15(14)17)4-2-8-18-13/h2,4-6,8H,3,9-11,17H2,1H3. The van der Waals surface area contributed by atoms with Crippen molar-refractivity contribution in [2.75, 3.05) is 37.4 Å². The van der Waals surface area contributed by atoms with Gasteiger partial charge < -0.3 is 15.4 Å². The van der Waals surface area contributed by atoms with E-state index in [2.05, 4.69) is 16.0 Å². The van der Waals surface area contributed by atoms with Crippen LogP contribution in [0.4, 0.5) is 11.4 Å². The summed E-state index contributed by atoms with van der Waals surface area (Å²) in [6, 6.07) is 9.90. The Labute approximate surface area is 118 Å². The molecule has 0 aliphatic heterocycles. The highest BCUT2D eigenvalue weighted by Crippen LogP contribution is 2.30. The fourth-order valence-corrected chi connectivity index (χ4v) is 2.18. The molecule has 0 saturated heterocycles. The molecule has 0 radical (unpaired) electrons. The average Bonchev–Trinajstić information content (AvgIpc) is 2.49. The first-order chi connectivity index (χ1) is 9.77. The van der Waals surface area contributed by atoms with Gasteiger partial charge in [0.2, 0.25) is 0 Å². The summed E-state index contributed by atoms with van der Waals surface area (Å²) in [6.45, 7) is 1.93. The molecule has 2 rings (SSSR count). The third-order valence-electron chi connectivity index (χ3n) is 3.20. The van der Waals surface area contributed by atoms with Crippen LogP contribution in [-0.2, 0) is 4.74 Å². The number of hydrogen-bond donors (Lipinski definition) is 1. The molecule has 104 valence electrons. The lowest BCUT2D eigenvalue weighted by Gasteiger charge is -2.25. The van der Waals surface area contributed by atoms with E-state index >= 15 is 0 Å². The van der Waals surface area contributed by atoms with Gasteiger partial charge in [-0.3, -0.25) is 4.98 Å². The Kier molecular flexibility index (Phi) is 4.75.